The highest BCUT2D eigenvalue weighted by Gasteiger charge is 2.31. The predicted octanol–water partition coefficient (Wildman–Crippen LogP) is 0.925. The molecule has 1 radical (unpaired) electrons. The van der Waals surface area contributed by atoms with E-state index in [9.17, 15) is 0 Å². The Morgan fingerprint density at radius 2 is 2.22 bits per heavy atom. The Hall–Kier alpha value is -0.790. The SMILES string of the molecule is C1=C[N]C(C2CC2)N=C1. The molecule has 1 aliphatic carbocycles. The summed E-state index contributed by atoms with van der Waals surface area (Å²) in [5.74, 6) is 0.770. The van der Waals surface area contributed by atoms with E-state index in [-0.39, 0.29) is 6.17 Å². The minimum Gasteiger partial charge on any atom is -0.266 e. The van der Waals surface area contributed by atoms with Gasteiger partial charge >= 0.3 is 0 Å². The van der Waals surface area contributed by atoms with Crippen LogP contribution in [0.4, 0.5) is 0 Å². The van der Waals surface area contributed by atoms with Gasteiger partial charge in [-0.05, 0) is 18.9 Å². The van der Waals surface area contributed by atoms with Crippen molar-refractivity contribution < 1.29 is 0 Å². The molecule has 2 heteroatoms. The first-order chi connectivity index (χ1) is 4.47. The molecule has 47 valence electrons. The van der Waals surface area contributed by atoms with Gasteiger partial charge in [-0.25, -0.2) is 0 Å². The van der Waals surface area contributed by atoms with Crippen LogP contribution in [0.3, 0.4) is 0 Å². The molecule has 2 rings (SSSR count). The molecule has 2 aliphatic rings. The Bertz CT molecular complexity index is 156. The summed E-state index contributed by atoms with van der Waals surface area (Å²) in [6, 6.07) is 0. The molecule has 0 saturated heterocycles. The Balaban J connectivity index is 1.98. The van der Waals surface area contributed by atoms with Gasteiger partial charge in [-0.3, -0.25) is 10.3 Å². The summed E-state index contributed by atoms with van der Waals surface area (Å²) in [6.07, 6.45) is 8.47. The van der Waals surface area contributed by atoms with E-state index in [0.717, 1.165) is 5.92 Å². The zero-order valence-corrected chi connectivity index (χ0v) is 5.20. The standard InChI is InChI=1S/C7H9N2/c1-4-8-7(9-5-1)6-2-3-6/h1,4-7H,2-3H2. The maximum atomic E-state index is 4.21. The predicted molar refractivity (Wildman–Crippen MR) is 36.3 cm³/mol. The normalized spacial score (nSPS) is 32.2. The van der Waals surface area contributed by atoms with E-state index in [0.29, 0.717) is 0 Å². The Morgan fingerprint density at radius 3 is 2.78 bits per heavy atom. The fourth-order valence-electron chi connectivity index (χ4n) is 0.991. The third kappa shape index (κ3) is 0.969. The molecule has 9 heavy (non-hydrogen) atoms. The molecule has 2 nitrogen and oxygen atoms in total. The summed E-state index contributed by atoms with van der Waals surface area (Å²) >= 11 is 0. The Morgan fingerprint density at radius 1 is 1.33 bits per heavy atom. The first-order valence-electron chi connectivity index (χ1n) is 3.35. The van der Waals surface area contributed by atoms with Crippen molar-refractivity contribution in [3.63, 3.8) is 0 Å². The van der Waals surface area contributed by atoms with Gasteiger partial charge in [0.2, 0.25) is 0 Å². The maximum absolute atomic E-state index is 4.21. The molecule has 1 saturated carbocycles. The van der Waals surface area contributed by atoms with Crippen molar-refractivity contribution in [1.82, 2.24) is 5.32 Å². The number of allylic oxidation sites excluding steroid dienone is 1. The Kier molecular flexibility index (Phi) is 1.04. The summed E-state index contributed by atoms with van der Waals surface area (Å²) in [5.41, 5.74) is 0. The third-order valence-electron chi connectivity index (χ3n) is 1.69. The molecule has 1 fully saturated rings. The average Bonchev–Trinajstić information content (AvgIpc) is 2.71. The van der Waals surface area contributed by atoms with Crippen molar-refractivity contribution in [1.29, 1.82) is 0 Å². The molecule has 0 spiro atoms. The van der Waals surface area contributed by atoms with Gasteiger partial charge in [0.1, 0.15) is 6.17 Å². The molecule has 1 aliphatic heterocycles. The fourth-order valence-corrected chi connectivity index (χ4v) is 0.991. The zero-order chi connectivity index (χ0) is 6.10. The second-order valence-electron chi connectivity index (χ2n) is 2.54. The van der Waals surface area contributed by atoms with Crippen molar-refractivity contribution in [2.75, 3.05) is 0 Å². The molecular weight excluding hydrogens is 112 g/mol. The third-order valence-corrected chi connectivity index (χ3v) is 1.69. The molecule has 1 heterocycles. The average molecular weight is 121 g/mol. The van der Waals surface area contributed by atoms with Crippen LogP contribution < -0.4 is 5.32 Å². The van der Waals surface area contributed by atoms with Gasteiger partial charge in [-0.15, -0.1) is 0 Å². The van der Waals surface area contributed by atoms with Crippen LogP contribution in [0.25, 0.3) is 0 Å². The highest BCUT2D eigenvalue weighted by Crippen LogP contribution is 2.33. The van der Waals surface area contributed by atoms with Crippen molar-refractivity contribution in [3.8, 4) is 0 Å². The first-order valence-corrected chi connectivity index (χ1v) is 3.35. The molecule has 0 amide bonds. The first kappa shape index (κ1) is 5.03. The molecule has 0 aromatic heterocycles. The van der Waals surface area contributed by atoms with E-state index in [4.69, 9.17) is 0 Å². The van der Waals surface area contributed by atoms with Crippen molar-refractivity contribution in [2.24, 2.45) is 10.9 Å². The molecule has 1 unspecified atom stereocenters. The summed E-state index contributed by atoms with van der Waals surface area (Å²) in [4.78, 5) is 4.21. The monoisotopic (exact) mass is 121 g/mol. The smallest absolute Gasteiger partial charge is 0.142 e. The Labute approximate surface area is 54.7 Å². The van der Waals surface area contributed by atoms with E-state index in [1.54, 1.807) is 0 Å². The molecule has 1 atom stereocenters. The number of hydrogen-bond acceptors (Lipinski definition) is 1. The minimum atomic E-state index is 0.273. The van der Waals surface area contributed by atoms with Crippen molar-refractivity contribution in [2.45, 2.75) is 19.0 Å². The lowest BCUT2D eigenvalue weighted by Gasteiger charge is -2.09. The zero-order valence-electron chi connectivity index (χ0n) is 5.20. The van der Waals surface area contributed by atoms with Crippen LogP contribution >= 0.6 is 0 Å². The van der Waals surface area contributed by atoms with Gasteiger partial charge in [0.15, 0.2) is 0 Å². The van der Waals surface area contributed by atoms with Gasteiger partial charge < -0.3 is 0 Å². The van der Waals surface area contributed by atoms with Gasteiger partial charge in [-0.2, -0.15) is 0 Å². The summed E-state index contributed by atoms with van der Waals surface area (Å²) in [5, 5.41) is 4.21. The van der Waals surface area contributed by atoms with Crippen LogP contribution in [0.15, 0.2) is 17.3 Å². The van der Waals surface area contributed by atoms with Crippen LogP contribution in [-0.4, -0.2) is 12.4 Å². The summed E-state index contributed by atoms with van der Waals surface area (Å²) < 4.78 is 0. The number of nitrogens with zero attached hydrogens (tertiary/aromatic N) is 2. The number of rotatable bonds is 1. The molecule has 0 N–H and O–H groups in total. The van der Waals surface area contributed by atoms with Gasteiger partial charge in [0, 0.05) is 18.3 Å². The molecular formula is C7H9N2. The van der Waals surface area contributed by atoms with Crippen LogP contribution in [0, 0.1) is 5.92 Å². The molecule has 0 bridgehead atoms. The fraction of sp³-hybridized carbons (Fsp3) is 0.571. The van der Waals surface area contributed by atoms with Crippen LogP contribution in [0.1, 0.15) is 12.8 Å². The largest absolute Gasteiger partial charge is 0.266 e. The maximum Gasteiger partial charge on any atom is 0.142 e. The molecule has 0 aromatic rings. The topological polar surface area (TPSA) is 26.5 Å². The van der Waals surface area contributed by atoms with Crippen LogP contribution in [-0.2, 0) is 0 Å². The summed E-state index contributed by atoms with van der Waals surface area (Å²) in [6.45, 7) is 0. The summed E-state index contributed by atoms with van der Waals surface area (Å²) in [7, 11) is 0. The van der Waals surface area contributed by atoms with Gasteiger partial charge in [0.05, 0.1) is 0 Å². The second-order valence-corrected chi connectivity index (χ2v) is 2.54. The molecule has 0 aromatic carbocycles. The lowest BCUT2D eigenvalue weighted by Crippen LogP contribution is -2.19. The lowest BCUT2D eigenvalue weighted by molar-refractivity contribution is 0.535. The van der Waals surface area contributed by atoms with Crippen LogP contribution in [0.5, 0.6) is 0 Å². The van der Waals surface area contributed by atoms with Crippen molar-refractivity contribution in [3.05, 3.63) is 12.3 Å². The van der Waals surface area contributed by atoms with Gasteiger partial charge in [0.25, 0.3) is 0 Å². The lowest BCUT2D eigenvalue weighted by atomic mass is 10.3. The van der Waals surface area contributed by atoms with Crippen LogP contribution in [0.2, 0.25) is 0 Å². The van der Waals surface area contributed by atoms with Crippen molar-refractivity contribution >= 4 is 6.21 Å². The highest BCUT2D eigenvalue weighted by atomic mass is 15.1. The quantitative estimate of drug-likeness (QED) is 0.493. The van der Waals surface area contributed by atoms with E-state index >= 15 is 0 Å². The minimum absolute atomic E-state index is 0.273. The van der Waals surface area contributed by atoms with Gasteiger partial charge in [-0.1, -0.05) is 0 Å². The highest BCUT2D eigenvalue weighted by molar-refractivity contribution is 5.71. The number of aliphatic imine (C=N–C) groups is 1. The van der Waals surface area contributed by atoms with E-state index in [1.165, 1.54) is 12.8 Å². The van der Waals surface area contributed by atoms with E-state index < -0.39 is 0 Å². The number of hydrogen-bond donors (Lipinski definition) is 0. The van der Waals surface area contributed by atoms with E-state index in [2.05, 4.69) is 10.3 Å². The van der Waals surface area contributed by atoms with E-state index in [1.807, 2.05) is 18.5 Å². The second kappa shape index (κ2) is 1.87.